The fourth-order valence-electron chi connectivity index (χ4n) is 1.66. The first-order valence-corrected chi connectivity index (χ1v) is 8.34. The van der Waals surface area contributed by atoms with E-state index in [0.29, 0.717) is 5.56 Å². The van der Waals surface area contributed by atoms with Crippen LogP contribution in [-0.2, 0) is 10.1 Å². The zero-order chi connectivity index (χ0) is 14.9. The molecule has 2 aromatic carbocycles. The molecule has 20 heavy (non-hydrogen) atoms. The van der Waals surface area contributed by atoms with Crippen LogP contribution in [0.25, 0.3) is 0 Å². The quantitative estimate of drug-likeness (QED) is 0.743. The molecule has 0 heterocycles. The van der Waals surface area contributed by atoms with Crippen LogP contribution >= 0.6 is 27.5 Å². The zero-order valence-electron chi connectivity index (χ0n) is 10.9. The van der Waals surface area contributed by atoms with Crippen LogP contribution in [0, 0.1) is 13.8 Å². The van der Waals surface area contributed by atoms with E-state index in [0.717, 1.165) is 10.0 Å². The van der Waals surface area contributed by atoms with Gasteiger partial charge in [0, 0.05) is 4.47 Å². The van der Waals surface area contributed by atoms with Crippen LogP contribution < -0.4 is 4.18 Å². The summed E-state index contributed by atoms with van der Waals surface area (Å²) in [5.41, 5.74) is 1.61. The molecule has 0 aliphatic rings. The number of hydrogen-bond acceptors (Lipinski definition) is 3. The van der Waals surface area contributed by atoms with Gasteiger partial charge in [0.05, 0.1) is 5.02 Å². The van der Waals surface area contributed by atoms with Crippen molar-refractivity contribution in [2.75, 3.05) is 0 Å². The molecule has 0 atom stereocenters. The summed E-state index contributed by atoms with van der Waals surface area (Å²) >= 11 is 9.32. The van der Waals surface area contributed by atoms with E-state index < -0.39 is 10.1 Å². The van der Waals surface area contributed by atoms with E-state index in [2.05, 4.69) is 15.9 Å². The third kappa shape index (κ3) is 3.34. The molecule has 6 heteroatoms. The van der Waals surface area contributed by atoms with Crippen LogP contribution in [0.1, 0.15) is 11.1 Å². The van der Waals surface area contributed by atoms with Gasteiger partial charge in [-0.25, -0.2) is 0 Å². The molecule has 0 fully saturated rings. The topological polar surface area (TPSA) is 43.4 Å². The lowest BCUT2D eigenvalue weighted by molar-refractivity contribution is 0.484. The van der Waals surface area contributed by atoms with Crippen LogP contribution in [0.2, 0.25) is 5.02 Å². The fraction of sp³-hybridized carbons (Fsp3) is 0.143. The van der Waals surface area contributed by atoms with Gasteiger partial charge in [0.2, 0.25) is 0 Å². The number of hydrogen-bond donors (Lipinski definition) is 0. The summed E-state index contributed by atoms with van der Waals surface area (Å²) < 4.78 is 30.3. The van der Waals surface area contributed by atoms with Gasteiger partial charge in [-0.05, 0) is 43.7 Å². The van der Waals surface area contributed by atoms with Crippen LogP contribution in [0.5, 0.6) is 5.75 Å². The van der Waals surface area contributed by atoms with Gasteiger partial charge in [0.15, 0.2) is 5.75 Å². The third-order valence-corrected chi connectivity index (χ3v) is 4.67. The van der Waals surface area contributed by atoms with Gasteiger partial charge in [-0.15, -0.1) is 0 Å². The Morgan fingerprint density at radius 3 is 2.25 bits per heavy atom. The predicted octanol–water partition coefficient (Wildman–Crippen LogP) is 4.49. The summed E-state index contributed by atoms with van der Waals surface area (Å²) in [4.78, 5) is 0.0986. The molecule has 0 bridgehead atoms. The molecular weight excluding hydrogens is 364 g/mol. The Bertz CT molecular complexity index is 717. The SMILES string of the molecule is Cc1ccc(S(=O)(=O)Oc2c(C)cc(Br)cc2Cl)cc1. The van der Waals surface area contributed by atoms with Crippen molar-refractivity contribution in [3.05, 3.63) is 57.0 Å². The minimum absolute atomic E-state index is 0.0986. The highest BCUT2D eigenvalue weighted by Gasteiger charge is 2.19. The molecule has 0 radical (unpaired) electrons. The molecule has 0 aliphatic heterocycles. The van der Waals surface area contributed by atoms with E-state index in [1.165, 1.54) is 12.1 Å². The number of benzene rings is 2. The summed E-state index contributed by atoms with van der Waals surface area (Å²) in [6, 6.07) is 9.78. The van der Waals surface area contributed by atoms with Crippen molar-refractivity contribution in [3.8, 4) is 5.75 Å². The van der Waals surface area contributed by atoms with Crippen molar-refractivity contribution in [1.82, 2.24) is 0 Å². The Morgan fingerprint density at radius 2 is 1.70 bits per heavy atom. The van der Waals surface area contributed by atoms with Crippen LogP contribution in [-0.4, -0.2) is 8.42 Å². The van der Waals surface area contributed by atoms with Gasteiger partial charge >= 0.3 is 10.1 Å². The van der Waals surface area contributed by atoms with E-state index in [1.807, 2.05) is 6.92 Å². The summed E-state index contributed by atoms with van der Waals surface area (Å²) in [7, 11) is -3.89. The lowest BCUT2D eigenvalue weighted by Gasteiger charge is -2.11. The van der Waals surface area contributed by atoms with E-state index in [-0.39, 0.29) is 15.7 Å². The Morgan fingerprint density at radius 1 is 1.10 bits per heavy atom. The predicted molar refractivity (Wildman–Crippen MR) is 82.9 cm³/mol. The lowest BCUT2D eigenvalue weighted by Crippen LogP contribution is -2.10. The zero-order valence-corrected chi connectivity index (χ0v) is 14.0. The van der Waals surface area contributed by atoms with Gasteiger partial charge in [-0.3, -0.25) is 0 Å². The molecule has 0 amide bonds. The summed E-state index contributed by atoms with van der Waals surface area (Å²) in [6.07, 6.45) is 0. The van der Waals surface area contributed by atoms with Crippen molar-refractivity contribution in [2.24, 2.45) is 0 Å². The maximum atomic E-state index is 12.2. The lowest BCUT2D eigenvalue weighted by atomic mass is 10.2. The van der Waals surface area contributed by atoms with Crippen molar-refractivity contribution >= 4 is 37.6 Å². The van der Waals surface area contributed by atoms with E-state index >= 15 is 0 Å². The summed E-state index contributed by atoms with van der Waals surface area (Å²) in [5.74, 6) is 0.149. The first-order chi connectivity index (χ1) is 9.29. The molecule has 0 unspecified atom stereocenters. The first kappa shape index (κ1) is 15.4. The second-order valence-corrected chi connectivity index (χ2v) is 7.25. The van der Waals surface area contributed by atoms with Crippen molar-refractivity contribution in [2.45, 2.75) is 18.7 Å². The smallest absolute Gasteiger partial charge is 0.339 e. The van der Waals surface area contributed by atoms with E-state index in [4.69, 9.17) is 15.8 Å². The number of rotatable bonds is 3. The molecule has 0 aliphatic carbocycles. The Labute approximate surface area is 131 Å². The summed E-state index contributed by atoms with van der Waals surface area (Å²) in [5, 5.41) is 0.243. The molecule has 0 N–H and O–H groups in total. The Hall–Kier alpha value is -1.04. The monoisotopic (exact) mass is 374 g/mol. The highest BCUT2D eigenvalue weighted by molar-refractivity contribution is 9.10. The normalized spacial score (nSPS) is 11.4. The van der Waals surface area contributed by atoms with Crippen molar-refractivity contribution in [3.63, 3.8) is 0 Å². The maximum Gasteiger partial charge on any atom is 0.339 e. The maximum absolute atomic E-state index is 12.2. The minimum Gasteiger partial charge on any atom is -0.377 e. The molecular formula is C14H12BrClO3S. The highest BCUT2D eigenvalue weighted by atomic mass is 79.9. The van der Waals surface area contributed by atoms with Gasteiger partial charge in [-0.1, -0.05) is 45.2 Å². The minimum atomic E-state index is -3.89. The fourth-order valence-corrected chi connectivity index (χ4v) is 3.72. The highest BCUT2D eigenvalue weighted by Crippen LogP contribution is 2.34. The van der Waals surface area contributed by atoms with Gasteiger partial charge in [0.1, 0.15) is 4.90 Å². The average Bonchev–Trinajstić information content (AvgIpc) is 2.34. The number of halogens is 2. The van der Waals surface area contributed by atoms with Crippen molar-refractivity contribution in [1.29, 1.82) is 0 Å². The standard InChI is InChI=1S/C14H12BrClO3S/c1-9-3-5-12(6-4-9)20(17,18)19-14-10(2)7-11(15)8-13(14)16/h3-8H,1-2H3. The Kier molecular flexibility index (Phi) is 4.42. The second-order valence-electron chi connectivity index (χ2n) is 4.38. The Balaban J connectivity index is 2.41. The first-order valence-electron chi connectivity index (χ1n) is 5.76. The molecule has 2 rings (SSSR count). The largest absolute Gasteiger partial charge is 0.377 e. The molecule has 3 nitrogen and oxygen atoms in total. The molecule has 106 valence electrons. The van der Waals surface area contributed by atoms with E-state index in [1.54, 1.807) is 31.2 Å². The second kappa shape index (κ2) is 5.76. The average molecular weight is 376 g/mol. The van der Waals surface area contributed by atoms with Gasteiger partial charge < -0.3 is 4.18 Å². The van der Waals surface area contributed by atoms with Crippen LogP contribution in [0.15, 0.2) is 45.8 Å². The molecule has 0 saturated heterocycles. The number of aryl methyl sites for hydroxylation is 2. The summed E-state index contributed by atoms with van der Waals surface area (Å²) in [6.45, 7) is 3.61. The molecule has 0 saturated carbocycles. The molecule has 2 aromatic rings. The van der Waals surface area contributed by atoms with Gasteiger partial charge in [0.25, 0.3) is 0 Å². The van der Waals surface area contributed by atoms with Gasteiger partial charge in [-0.2, -0.15) is 8.42 Å². The van der Waals surface area contributed by atoms with Crippen LogP contribution in [0.3, 0.4) is 0 Å². The van der Waals surface area contributed by atoms with E-state index in [9.17, 15) is 8.42 Å². The van der Waals surface area contributed by atoms with Crippen molar-refractivity contribution < 1.29 is 12.6 Å². The molecule has 0 spiro atoms. The molecule has 0 aromatic heterocycles. The van der Waals surface area contributed by atoms with Crippen LogP contribution in [0.4, 0.5) is 0 Å². The third-order valence-electron chi connectivity index (χ3n) is 2.70.